The number of ether oxygens (including phenoxy) is 6. The number of nitrogens with one attached hydrogen (secondary N) is 5. The number of hydrogen-bond acceptors (Lipinski definition) is 38. The summed E-state index contributed by atoms with van der Waals surface area (Å²) in [5.74, 6) is -2.56. The molecule has 8 aromatic heterocycles. The number of nitriles is 5. The van der Waals surface area contributed by atoms with E-state index < -0.39 is 41.7 Å². The molecule has 12 aromatic rings. The van der Waals surface area contributed by atoms with Crippen molar-refractivity contribution >= 4 is 234 Å². The molecule has 0 fully saturated rings. The van der Waals surface area contributed by atoms with Crippen LogP contribution in [0.15, 0.2) is 173 Å². The highest BCUT2D eigenvalue weighted by Gasteiger charge is 2.31. The average molecular weight is 2160 g/mol. The molecule has 4 aromatic carbocycles. The number of thiocyanates is 5. The van der Waals surface area contributed by atoms with Gasteiger partial charge in [0.05, 0.1) is 70.6 Å². The number of furan rings is 2. The first kappa shape index (κ1) is 117. The van der Waals surface area contributed by atoms with Gasteiger partial charge in [0, 0.05) is 59.1 Å². The number of Topliss-reactive ketones (excluding diaryl/α,β-unsaturated/α-hetero) is 2. The highest BCUT2D eigenvalue weighted by atomic mass is 32.2. The maximum Gasteiger partial charge on any atom is 0.348 e. The molecule has 5 amide bonds. The highest BCUT2D eigenvalue weighted by Crippen LogP contribution is 2.45. The van der Waals surface area contributed by atoms with Crippen LogP contribution in [0.1, 0.15) is 226 Å². The first-order chi connectivity index (χ1) is 68.9. The van der Waals surface area contributed by atoms with Gasteiger partial charge in [-0.15, -0.1) is 68.0 Å². The van der Waals surface area contributed by atoms with Crippen LogP contribution in [0.25, 0.3) is 0 Å². The maximum atomic E-state index is 12.5. The summed E-state index contributed by atoms with van der Waals surface area (Å²) in [4.78, 5) is 165. The van der Waals surface area contributed by atoms with Crippen molar-refractivity contribution in [3.63, 3.8) is 0 Å². The van der Waals surface area contributed by atoms with Crippen molar-refractivity contribution < 1.29 is 99.6 Å². The molecule has 144 heavy (non-hydrogen) atoms. The standard InChI is InChI=1S/C19H19NO3S2.C18H19N3O3S2.C18H16N2O4S2.C17H16N2O3S2.C15H14N2O4S2.C14H15NO4S/c1-3-23-19(22)18-13(2)17(24-12-20)16(25-18)11-15(21)10-9-14-7-5-4-6-8-14;1-5-24-18(23)15-11(2)14(25-10-19)17(26-15)20-16(22)12-6-8-13(9-7-12)21(3)4;1-4-24-18(23)15-10(2)14(25-9-19)17(26-15)20-16(22)13-7-5-12(6-8-13)11(3)21;1-3-22-17(21)15-11(2)14(23-10-18)16(24-15)19-13(20)9-12-7-5-4-6-8-12;1-4-20-15(19)12-9(3)11(22-7-16)14(23-12)17-13(18)10-6-5-8(2)21-10;1-4-18-14(17)12-8(2)7-11(20-12)15-13(16)10-6-5-9(3)19-10/h4-8H,3,9-11H2,1-2H3;6-9H,5H2,1-4H3,(H,20,22);5-8H,4H2,1-3H3,(H,20,22);4-8H,3,9H2,1-2H3,(H,19,20);5-6H,4H2,1-3H3,(H,17,18);5-7H,4H2,1-3H3,(H,15,16). The van der Waals surface area contributed by atoms with Crippen LogP contribution in [0.5, 0.6) is 0 Å². The minimum atomic E-state index is -0.485. The summed E-state index contributed by atoms with van der Waals surface area (Å²) in [7, 11) is 3.84. The van der Waals surface area contributed by atoms with Crippen molar-refractivity contribution in [3.8, 4) is 27.0 Å². The van der Waals surface area contributed by atoms with Crippen LogP contribution < -0.4 is 31.5 Å². The quantitative estimate of drug-likeness (QED) is 0.00809. The molecule has 5 N–H and O–H groups in total. The summed E-state index contributed by atoms with van der Waals surface area (Å²) in [6.07, 6.45) is 1.59. The number of amides is 5. The first-order valence-corrected chi connectivity index (χ1v) is 52.6. The number of rotatable bonds is 35. The van der Waals surface area contributed by atoms with E-state index in [1.54, 1.807) is 164 Å². The molecule has 0 radical (unpaired) electrons. The fourth-order valence-corrected chi connectivity index (χ4v) is 22.6. The van der Waals surface area contributed by atoms with Crippen LogP contribution in [0.3, 0.4) is 0 Å². The summed E-state index contributed by atoms with van der Waals surface area (Å²) in [5, 5.41) is 71.1. The smallest absolute Gasteiger partial charge is 0.348 e. The lowest BCUT2D eigenvalue weighted by molar-refractivity contribution is -0.118. The highest BCUT2D eigenvalue weighted by molar-refractivity contribution is 8.05. The van der Waals surface area contributed by atoms with E-state index in [1.165, 1.54) is 29.6 Å². The van der Waals surface area contributed by atoms with E-state index >= 15 is 0 Å². The number of carbonyl (C=O) groups is 13. The molecule has 32 nitrogen and oxygen atoms in total. The average Bonchev–Trinajstić information content (AvgIpc) is 1.67. The summed E-state index contributed by atoms with van der Waals surface area (Å²) in [6.45, 7) is 27.5. The fourth-order valence-electron chi connectivity index (χ4n) is 12.5. The molecule has 0 aliphatic heterocycles. The topological polar surface area (TPSA) is 486 Å². The number of hydrogen-bond donors (Lipinski definition) is 5. The van der Waals surface area contributed by atoms with Crippen molar-refractivity contribution in [3.05, 3.63) is 258 Å². The van der Waals surface area contributed by atoms with E-state index in [2.05, 4.69) is 26.6 Å². The Morgan fingerprint density at radius 1 is 0.354 bits per heavy atom. The van der Waals surface area contributed by atoms with Crippen LogP contribution in [0, 0.1) is 109 Å². The Kier molecular flexibility index (Phi) is 48.2. The Morgan fingerprint density at radius 2 is 0.674 bits per heavy atom. The van der Waals surface area contributed by atoms with Crippen molar-refractivity contribution in [1.82, 2.24) is 0 Å². The Bertz CT molecular complexity index is 6830. The van der Waals surface area contributed by atoms with Crippen LogP contribution >= 0.6 is 127 Å². The van der Waals surface area contributed by atoms with Crippen LogP contribution in [0.4, 0.5) is 30.7 Å². The number of anilines is 6. The van der Waals surface area contributed by atoms with E-state index in [1.807, 2.05) is 119 Å². The van der Waals surface area contributed by atoms with E-state index in [0.29, 0.717) is 155 Å². The van der Waals surface area contributed by atoms with E-state index in [0.717, 1.165) is 137 Å². The second-order valence-corrected chi connectivity index (χ2v) is 39.9. The third-order valence-corrected chi connectivity index (χ3v) is 31.2. The van der Waals surface area contributed by atoms with Crippen molar-refractivity contribution in [2.45, 2.75) is 154 Å². The van der Waals surface area contributed by atoms with Gasteiger partial charge in [-0.05, 0) is 280 Å². The van der Waals surface area contributed by atoms with Gasteiger partial charge in [-0.1, -0.05) is 72.8 Å². The molecular formula is C101H99N11O21S11. The van der Waals surface area contributed by atoms with Crippen molar-refractivity contribution in [1.29, 1.82) is 26.3 Å². The third kappa shape index (κ3) is 34.2. The Morgan fingerprint density at radius 3 is 1.02 bits per heavy atom. The van der Waals surface area contributed by atoms with Gasteiger partial charge in [0.15, 0.2) is 17.3 Å². The zero-order valence-electron chi connectivity index (χ0n) is 81.1. The van der Waals surface area contributed by atoms with Gasteiger partial charge in [0.1, 0.15) is 93.6 Å². The summed E-state index contributed by atoms with van der Waals surface area (Å²) in [5.41, 5.74) is 8.38. The largest absolute Gasteiger partial charge is 0.462 e. The molecular weight excluding hydrogens is 2060 g/mol. The van der Waals surface area contributed by atoms with Crippen LogP contribution in [-0.4, -0.2) is 131 Å². The molecule has 43 heteroatoms. The van der Waals surface area contributed by atoms with E-state index in [9.17, 15) is 62.3 Å². The lowest BCUT2D eigenvalue weighted by Crippen LogP contribution is -2.13. The van der Waals surface area contributed by atoms with Crippen LogP contribution in [0.2, 0.25) is 0 Å². The van der Waals surface area contributed by atoms with E-state index in [-0.39, 0.29) is 86.0 Å². The number of nitrogens with zero attached hydrogens (tertiary/aromatic N) is 6. The second-order valence-electron chi connectivity index (χ2n) is 29.7. The van der Waals surface area contributed by atoms with Gasteiger partial charge in [-0.3, -0.25) is 33.6 Å². The summed E-state index contributed by atoms with van der Waals surface area (Å²) >= 11 is 11.5. The molecule has 0 spiro atoms. The molecule has 0 aliphatic carbocycles. The molecule has 0 bridgehead atoms. The lowest BCUT2D eigenvalue weighted by Gasteiger charge is -2.12. The summed E-state index contributed by atoms with van der Waals surface area (Å²) < 4.78 is 40.6. The second kappa shape index (κ2) is 59.3. The zero-order valence-corrected chi connectivity index (χ0v) is 90.1. The van der Waals surface area contributed by atoms with Gasteiger partial charge in [-0.25, -0.2) is 28.8 Å². The Balaban J connectivity index is 0.000000235. The number of carbonyl (C=O) groups excluding carboxylic acids is 13. The minimum Gasteiger partial charge on any atom is -0.462 e. The zero-order chi connectivity index (χ0) is 106. The SMILES string of the molecule is CCOC(=O)c1sc(CC(=O)CCc2ccccc2)c(SC#N)c1C.CCOC(=O)c1sc(NC(=O)Cc2ccccc2)c(SC#N)c1C.CCOC(=O)c1sc(NC(=O)c2ccc(C(C)=O)cc2)c(SC#N)c1C.CCOC(=O)c1sc(NC(=O)c2ccc(C)o2)c(SC#N)c1C.CCOC(=O)c1sc(NC(=O)c2ccc(C)o2)cc1C.CCOC(=O)c1sc(NC(=O)c2ccc(N(C)C)cc2)c(SC#N)c1C. The van der Waals surface area contributed by atoms with Crippen molar-refractivity contribution in [2.75, 3.05) is 85.2 Å². The number of thioether (sulfide) groups is 5. The van der Waals surface area contributed by atoms with Gasteiger partial charge in [0.2, 0.25) is 5.91 Å². The summed E-state index contributed by atoms with van der Waals surface area (Å²) in [6, 6.07) is 40.9. The number of ketones is 2. The molecule has 0 atom stereocenters. The number of thiophene rings is 6. The van der Waals surface area contributed by atoms with Gasteiger partial charge < -0.3 is 68.7 Å². The van der Waals surface area contributed by atoms with Crippen LogP contribution in [-0.2, 0) is 57.3 Å². The molecule has 0 aliphatic rings. The molecule has 0 saturated carbocycles. The molecule has 8 heterocycles. The minimum absolute atomic E-state index is 0.0855. The molecule has 0 unspecified atom stereocenters. The number of benzene rings is 4. The number of esters is 6. The monoisotopic (exact) mass is 2150 g/mol. The lowest BCUT2D eigenvalue weighted by atomic mass is 10.1. The van der Waals surface area contributed by atoms with Gasteiger partial charge in [0.25, 0.3) is 23.6 Å². The molecule has 750 valence electrons. The van der Waals surface area contributed by atoms with Crippen molar-refractivity contribution in [2.24, 2.45) is 0 Å². The first-order valence-electron chi connectivity index (χ1n) is 43.6. The normalized spacial score (nSPS) is 10.2. The number of aryl methyl sites for hydroxylation is 4. The predicted octanol–water partition coefficient (Wildman–Crippen LogP) is 24.3. The molecule has 0 saturated heterocycles. The Labute approximate surface area is 877 Å². The predicted molar refractivity (Wildman–Crippen MR) is 566 cm³/mol. The van der Waals surface area contributed by atoms with Gasteiger partial charge in [-0.2, -0.15) is 26.3 Å². The third-order valence-electron chi connectivity index (χ3n) is 19.3. The fraction of sp³-hybridized carbons (Fsp3) is 0.267. The van der Waals surface area contributed by atoms with E-state index in [4.69, 9.17) is 63.6 Å². The molecule has 12 rings (SSSR count). The Hall–Kier alpha value is -13.9. The maximum absolute atomic E-state index is 12.5. The van der Waals surface area contributed by atoms with Gasteiger partial charge >= 0.3 is 35.8 Å².